The van der Waals surface area contributed by atoms with Gasteiger partial charge in [-0.2, -0.15) is 0 Å². The van der Waals surface area contributed by atoms with E-state index in [1.807, 2.05) is 6.92 Å². The van der Waals surface area contributed by atoms with Crippen LogP contribution in [0.5, 0.6) is 5.75 Å². The van der Waals surface area contributed by atoms with Gasteiger partial charge < -0.3 is 15.0 Å². The Morgan fingerprint density at radius 3 is 2.18 bits per heavy atom. The van der Waals surface area contributed by atoms with E-state index in [-0.39, 0.29) is 12.5 Å². The van der Waals surface area contributed by atoms with Gasteiger partial charge in [0.1, 0.15) is 18.3 Å². The Bertz CT molecular complexity index is 1040. The van der Waals surface area contributed by atoms with Gasteiger partial charge in [-0.1, -0.05) is 23.7 Å². The molecule has 33 heavy (non-hydrogen) atoms. The van der Waals surface area contributed by atoms with Gasteiger partial charge in [0.2, 0.25) is 21.8 Å². The van der Waals surface area contributed by atoms with Crippen LogP contribution in [0.25, 0.3) is 0 Å². The van der Waals surface area contributed by atoms with E-state index in [0.29, 0.717) is 29.6 Å². The summed E-state index contributed by atoms with van der Waals surface area (Å²) in [7, 11) is -3.78. The van der Waals surface area contributed by atoms with Crippen molar-refractivity contribution in [3.8, 4) is 5.75 Å². The summed E-state index contributed by atoms with van der Waals surface area (Å²) in [6, 6.07) is 12.5. The highest BCUT2D eigenvalue weighted by Crippen LogP contribution is 2.22. The molecule has 180 valence electrons. The van der Waals surface area contributed by atoms with Crippen LogP contribution in [0.4, 0.5) is 5.69 Å². The summed E-state index contributed by atoms with van der Waals surface area (Å²) < 4.78 is 31.5. The van der Waals surface area contributed by atoms with Gasteiger partial charge in [0, 0.05) is 18.1 Å². The van der Waals surface area contributed by atoms with Gasteiger partial charge in [-0.05, 0) is 62.7 Å². The molecule has 0 saturated heterocycles. The van der Waals surface area contributed by atoms with E-state index in [1.165, 1.54) is 4.90 Å². The molecule has 0 saturated carbocycles. The standard InChI is InChI=1S/C23H30ClN3O5S/c1-5-25-23(29)17(3)26(15-18-7-9-19(24)10-8-18)22(28)16-27(33(4,30)31)20-11-13-21(14-12-20)32-6-2/h7-14,17H,5-6,15-16H2,1-4H3,(H,25,29). The van der Waals surface area contributed by atoms with E-state index in [4.69, 9.17) is 16.3 Å². The molecule has 2 aromatic rings. The number of anilines is 1. The van der Waals surface area contributed by atoms with Gasteiger partial charge in [-0.15, -0.1) is 0 Å². The highest BCUT2D eigenvalue weighted by atomic mass is 35.5. The number of hydrogen-bond donors (Lipinski definition) is 1. The van der Waals surface area contributed by atoms with Crippen molar-refractivity contribution in [2.45, 2.75) is 33.4 Å². The van der Waals surface area contributed by atoms with Gasteiger partial charge in [0.15, 0.2) is 0 Å². The molecule has 0 fully saturated rings. The monoisotopic (exact) mass is 495 g/mol. The van der Waals surface area contributed by atoms with Crippen molar-refractivity contribution >= 4 is 39.1 Å². The fraction of sp³-hybridized carbons (Fsp3) is 0.391. The Hall–Kier alpha value is -2.78. The fourth-order valence-electron chi connectivity index (χ4n) is 3.18. The maximum atomic E-state index is 13.4. The summed E-state index contributed by atoms with van der Waals surface area (Å²) in [5.41, 5.74) is 1.09. The van der Waals surface area contributed by atoms with Crippen LogP contribution in [0.2, 0.25) is 5.02 Å². The van der Waals surface area contributed by atoms with Crippen LogP contribution < -0.4 is 14.4 Å². The number of nitrogens with one attached hydrogen (secondary N) is 1. The molecule has 2 rings (SSSR count). The van der Waals surface area contributed by atoms with Crippen LogP contribution in [0.15, 0.2) is 48.5 Å². The van der Waals surface area contributed by atoms with Crippen LogP contribution in [0, 0.1) is 0 Å². The first-order chi connectivity index (χ1) is 15.6. The summed E-state index contributed by atoms with van der Waals surface area (Å²) in [6.07, 6.45) is 1.04. The quantitative estimate of drug-likeness (QED) is 0.517. The number of ether oxygens (including phenoxy) is 1. The molecule has 0 heterocycles. The molecule has 2 amide bonds. The van der Waals surface area contributed by atoms with Gasteiger partial charge in [0.25, 0.3) is 0 Å². The third kappa shape index (κ3) is 7.64. The first-order valence-corrected chi connectivity index (χ1v) is 12.8. The maximum Gasteiger partial charge on any atom is 0.244 e. The topological polar surface area (TPSA) is 96.0 Å². The largest absolute Gasteiger partial charge is 0.494 e. The van der Waals surface area contributed by atoms with Crippen LogP contribution in [0.1, 0.15) is 26.3 Å². The van der Waals surface area contributed by atoms with E-state index >= 15 is 0 Å². The normalized spacial score (nSPS) is 12.0. The van der Waals surface area contributed by atoms with Crippen molar-refractivity contribution in [1.29, 1.82) is 0 Å². The second-order valence-corrected chi connectivity index (χ2v) is 9.76. The Kier molecular flexibility index (Phi) is 9.55. The number of likely N-dealkylation sites (N-methyl/N-ethyl adjacent to an activating group) is 1. The molecule has 0 aliphatic heterocycles. The molecule has 10 heteroatoms. The summed E-state index contributed by atoms with van der Waals surface area (Å²) in [6.45, 7) is 5.80. The molecule has 0 aromatic heterocycles. The van der Waals surface area contributed by atoms with Crippen molar-refractivity contribution in [3.05, 3.63) is 59.1 Å². The predicted octanol–water partition coefficient (Wildman–Crippen LogP) is 3.06. The number of hydrogen-bond acceptors (Lipinski definition) is 5. The first kappa shape index (κ1) is 26.5. The van der Waals surface area contributed by atoms with Crippen molar-refractivity contribution in [1.82, 2.24) is 10.2 Å². The molecule has 0 radical (unpaired) electrons. The zero-order valence-corrected chi connectivity index (χ0v) is 20.8. The van der Waals surface area contributed by atoms with Crippen molar-refractivity contribution < 1.29 is 22.7 Å². The van der Waals surface area contributed by atoms with E-state index in [1.54, 1.807) is 62.4 Å². The Labute approximate surface area is 200 Å². The summed E-state index contributed by atoms with van der Waals surface area (Å²) in [4.78, 5) is 27.2. The molecule has 0 spiro atoms. The number of halogens is 1. The van der Waals surface area contributed by atoms with Crippen molar-refractivity contribution in [2.24, 2.45) is 0 Å². The van der Waals surface area contributed by atoms with E-state index in [2.05, 4.69) is 5.32 Å². The Balaban J connectivity index is 2.34. The molecule has 8 nitrogen and oxygen atoms in total. The molecule has 0 aliphatic carbocycles. The van der Waals surface area contributed by atoms with Gasteiger partial charge in [0.05, 0.1) is 18.6 Å². The smallest absolute Gasteiger partial charge is 0.244 e. The molecule has 1 N–H and O–H groups in total. The van der Waals surface area contributed by atoms with E-state index in [9.17, 15) is 18.0 Å². The molecule has 0 bridgehead atoms. The highest BCUT2D eigenvalue weighted by Gasteiger charge is 2.29. The molecule has 0 aliphatic rings. The molecule has 1 unspecified atom stereocenters. The Morgan fingerprint density at radius 2 is 1.67 bits per heavy atom. The minimum absolute atomic E-state index is 0.120. The third-order valence-electron chi connectivity index (χ3n) is 4.90. The van der Waals surface area contributed by atoms with Gasteiger partial charge in [-0.25, -0.2) is 8.42 Å². The fourth-order valence-corrected chi connectivity index (χ4v) is 4.16. The average Bonchev–Trinajstić information content (AvgIpc) is 2.76. The number of rotatable bonds is 11. The second-order valence-electron chi connectivity index (χ2n) is 7.42. The predicted molar refractivity (Wildman–Crippen MR) is 130 cm³/mol. The van der Waals surface area contributed by atoms with Crippen LogP contribution in [-0.4, -0.2) is 57.1 Å². The lowest BCUT2D eigenvalue weighted by Crippen LogP contribution is -2.51. The zero-order valence-electron chi connectivity index (χ0n) is 19.2. The lowest BCUT2D eigenvalue weighted by molar-refractivity contribution is -0.139. The third-order valence-corrected chi connectivity index (χ3v) is 6.29. The van der Waals surface area contributed by atoms with Crippen LogP contribution >= 0.6 is 11.6 Å². The van der Waals surface area contributed by atoms with Crippen LogP contribution in [0.3, 0.4) is 0 Å². The molecule has 1 atom stereocenters. The first-order valence-electron chi connectivity index (χ1n) is 10.6. The zero-order chi connectivity index (χ0) is 24.6. The summed E-state index contributed by atoms with van der Waals surface area (Å²) in [5.74, 6) is -0.245. The number of benzene rings is 2. The summed E-state index contributed by atoms with van der Waals surface area (Å²) in [5, 5.41) is 3.26. The second kappa shape index (κ2) is 11.9. The Morgan fingerprint density at radius 1 is 1.06 bits per heavy atom. The molecular formula is C23H30ClN3O5S. The number of amides is 2. The average molecular weight is 496 g/mol. The number of nitrogens with zero attached hydrogens (tertiary/aromatic N) is 2. The SMILES string of the molecule is CCNC(=O)C(C)N(Cc1ccc(Cl)cc1)C(=O)CN(c1ccc(OCC)cc1)S(C)(=O)=O. The molecular weight excluding hydrogens is 466 g/mol. The number of carbonyl (C=O) groups is 2. The lowest BCUT2D eigenvalue weighted by atomic mass is 10.1. The summed E-state index contributed by atoms with van der Waals surface area (Å²) >= 11 is 5.96. The highest BCUT2D eigenvalue weighted by molar-refractivity contribution is 7.92. The van der Waals surface area contributed by atoms with Gasteiger partial charge >= 0.3 is 0 Å². The minimum Gasteiger partial charge on any atom is -0.494 e. The van der Waals surface area contributed by atoms with E-state index < -0.39 is 28.5 Å². The van der Waals surface area contributed by atoms with Crippen molar-refractivity contribution in [2.75, 3.05) is 30.3 Å². The lowest BCUT2D eigenvalue weighted by Gasteiger charge is -2.31. The van der Waals surface area contributed by atoms with E-state index in [0.717, 1.165) is 16.1 Å². The number of sulfonamides is 1. The van der Waals surface area contributed by atoms with Crippen molar-refractivity contribution in [3.63, 3.8) is 0 Å². The van der Waals surface area contributed by atoms with Crippen LogP contribution in [-0.2, 0) is 26.2 Å². The molecule has 2 aromatic carbocycles. The van der Waals surface area contributed by atoms with Gasteiger partial charge in [-0.3, -0.25) is 13.9 Å². The number of carbonyl (C=O) groups excluding carboxylic acids is 2. The maximum absolute atomic E-state index is 13.4. The minimum atomic E-state index is -3.78.